The van der Waals surface area contributed by atoms with Crippen LogP contribution in [0.1, 0.15) is 15.9 Å². The fourth-order valence-corrected chi connectivity index (χ4v) is 1.36. The molecule has 0 saturated carbocycles. The second-order valence-corrected chi connectivity index (χ2v) is 3.58. The number of halogens is 4. The van der Waals surface area contributed by atoms with Crippen LogP contribution in [0.15, 0.2) is 18.2 Å². The molecule has 0 aliphatic carbocycles. The summed E-state index contributed by atoms with van der Waals surface area (Å²) in [6.45, 7) is -1.44. The quantitative estimate of drug-likeness (QED) is 0.639. The lowest BCUT2D eigenvalue weighted by atomic mass is 10.1. The Labute approximate surface area is 100 Å². The van der Waals surface area contributed by atoms with Gasteiger partial charge in [-0.05, 0) is 17.7 Å². The van der Waals surface area contributed by atoms with Crippen molar-refractivity contribution in [2.24, 2.45) is 0 Å². The average Bonchev–Trinajstić information content (AvgIpc) is 2.24. The normalized spacial score (nSPS) is 11.4. The van der Waals surface area contributed by atoms with E-state index in [-0.39, 0.29) is 16.9 Å². The molecule has 1 amide bonds. The lowest BCUT2D eigenvalue weighted by molar-refractivity contribution is -0.123. The van der Waals surface area contributed by atoms with Gasteiger partial charge in [0.2, 0.25) is 0 Å². The van der Waals surface area contributed by atoms with E-state index in [0.29, 0.717) is 0 Å². The van der Waals surface area contributed by atoms with Crippen molar-refractivity contribution >= 4 is 18.5 Å². The zero-order valence-corrected chi connectivity index (χ0v) is 9.41. The van der Waals surface area contributed by atoms with Crippen molar-refractivity contribution in [3.8, 4) is 0 Å². The number of carbonyl (C=O) groups is 1. The molecule has 1 aromatic rings. The van der Waals surface area contributed by atoms with Gasteiger partial charge in [0.25, 0.3) is 5.91 Å². The molecule has 0 fully saturated rings. The van der Waals surface area contributed by atoms with Crippen LogP contribution in [-0.4, -0.2) is 18.6 Å². The number of amides is 1. The number of hydrogen-bond acceptors (Lipinski definition) is 2. The topological polar surface area (TPSA) is 29.1 Å². The zero-order chi connectivity index (χ0) is 13.1. The molecule has 7 heteroatoms. The molecule has 0 spiro atoms. The first-order valence-electron chi connectivity index (χ1n) is 4.57. The Kier molecular flexibility index (Phi) is 4.39. The molecule has 1 N–H and O–H groups in total. The largest absolute Gasteiger partial charge is 0.405 e. The van der Waals surface area contributed by atoms with Crippen LogP contribution in [0.4, 0.5) is 17.6 Å². The van der Waals surface area contributed by atoms with Crippen molar-refractivity contribution in [2.75, 3.05) is 6.54 Å². The number of hydrogen-bond donors (Lipinski definition) is 2. The Morgan fingerprint density at radius 3 is 2.47 bits per heavy atom. The van der Waals surface area contributed by atoms with Gasteiger partial charge in [-0.2, -0.15) is 25.8 Å². The Bertz CT molecular complexity index is 419. The number of carbonyl (C=O) groups excluding carboxylic acids is 1. The number of benzene rings is 1. The van der Waals surface area contributed by atoms with E-state index >= 15 is 0 Å². The van der Waals surface area contributed by atoms with E-state index in [1.54, 1.807) is 5.32 Å². The number of alkyl halides is 3. The van der Waals surface area contributed by atoms with Gasteiger partial charge in [-0.3, -0.25) is 4.79 Å². The first-order valence-corrected chi connectivity index (χ1v) is 5.21. The molecule has 1 aromatic carbocycles. The Morgan fingerprint density at radius 2 is 2.00 bits per heavy atom. The van der Waals surface area contributed by atoms with Gasteiger partial charge in [0.15, 0.2) is 0 Å². The summed E-state index contributed by atoms with van der Waals surface area (Å²) in [5, 5.41) is 1.65. The third-order valence-electron chi connectivity index (χ3n) is 1.93. The maximum Gasteiger partial charge on any atom is 0.405 e. The second-order valence-electron chi connectivity index (χ2n) is 3.26. The van der Waals surface area contributed by atoms with Crippen molar-refractivity contribution in [3.63, 3.8) is 0 Å². The van der Waals surface area contributed by atoms with Crippen LogP contribution in [0.25, 0.3) is 0 Å². The number of thiol groups is 1. The first-order chi connectivity index (χ1) is 7.83. The van der Waals surface area contributed by atoms with Crippen LogP contribution in [0, 0.1) is 5.82 Å². The summed E-state index contributed by atoms with van der Waals surface area (Å²) in [4.78, 5) is 11.2. The second kappa shape index (κ2) is 5.39. The van der Waals surface area contributed by atoms with E-state index < -0.39 is 24.4 Å². The molecule has 1 rings (SSSR count). The highest BCUT2D eigenvalue weighted by atomic mass is 32.1. The number of nitrogens with one attached hydrogen (secondary N) is 1. The molecule has 0 aromatic heterocycles. The van der Waals surface area contributed by atoms with Crippen LogP contribution >= 0.6 is 12.6 Å². The Balaban J connectivity index is 2.73. The summed E-state index contributed by atoms with van der Waals surface area (Å²) in [6.07, 6.45) is -4.49. The highest BCUT2D eigenvalue weighted by Gasteiger charge is 2.27. The van der Waals surface area contributed by atoms with E-state index in [1.165, 1.54) is 12.1 Å². The van der Waals surface area contributed by atoms with Gasteiger partial charge in [-0.15, -0.1) is 0 Å². The van der Waals surface area contributed by atoms with E-state index in [0.717, 1.165) is 6.07 Å². The fourth-order valence-electron chi connectivity index (χ4n) is 1.10. The summed E-state index contributed by atoms with van der Waals surface area (Å²) in [5.74, 6) is -1.48. The van der Waals surface area contributed by atoms with Crippen molar-refractivity contribution in [1.29, 1.82) is 0 Å². The van der Waals surface area contributed by atoms with Crippen LogP contribution in [-0.2, 0) is 5.75 Å². The average molecular weight is 267 g/mol. The minimum atomic E-state index is -4.49. The molecule has 0 aliphatic heterocycles. The van der Waals surface area contributed by atoms with E-state index in [4.69, 9.17) is 0 Å². The lowest BCUT2D eigenvalue weighted by Crippen LogP contribution is -2.33. The predicted molar refractivity (Wildman–Crippen MR) is 57.5 cm³/mol. The first kappa shape index (κ1) is 13.8. The van der Waals surface area contributed by atoms with Gasteiger partial charge in [0, 0.05) is 11.3 Å². The van der Waals surface area contributed by atoms with Gasteiger partial charge in [-0.1, -0.05) is 6.07 Å². The molecule has 0 unspecified atom stereocenters. The van der Waals surface area contributed by atoms with Crippen LogP contribution in [0.2, 0.25) is 0 Å². The van der Waals surface area contributed by atoms with Crippen LogP contribution < -0.4 is 5.32 Å². The van der Waals surface area contributed by atoms with E-state index in [1.807, 2.05) is 0 Å². The molecule has 94 valence electrons. The highest BCUT2D eigenvalue weighted by Crippen LogP contribution is 2.14. The fraction of sp³-hybridized carbons (Fsp3) is 0.300. The maximum atomic E-state index is 13.2. The molecular formula is C10H9F4NOS. The SMILES string of the molecule is O=C(NCC(F)(F)F)c1ccc(CS)c(F)c1. The summed E-state index contributed by atoms with van der Waals surface area (Å²) in [7, 11) is 0. The highest BCUT2D eigenvalue weighted by molar-refractivity contribution is 7.79. The maximum absolute atomic E-state index is 13.2. The molecule has 0 heterocycles. The smallest absolute Gasteiger partial charge is 0.343 e. The monoisotopic (exact) mass is 267 g/mol. The minimum absolute atomic E-state index is 0.149. The van der Waals surface area contributed by atoms with Gasteiger partial charge < -0.3 is 5.32 Å². The van der Waals surface area contributed by atoms with Crippen LogP contribution in [0.3, 0.4) is 0 Å². The predicted octanol–water partition coefficient (Wildman–Crippen LogP) is 2.55. The summed E-state index contributed by atoms with van der Waals surface area (Å²) in [6, 6.07) is 3.45. The van der Waals surface area contributed by atoms with Gasteiger partial charge in [0.05, 0.1) is 0 Å². The Hall–Kier alpha value is -1.24. The van der Waals surface area contributed by atoms with E-state index in [2.05, 4.69) is 12.6 Å². The minimum Gasteiger partial charge on any atom is -0.343 e. The van der Waals surface area contributed by atoms with E-state index in [9.17, 15) is 22.4 Å². The molecule has 0 atom stereocenters. The lowest BCUT2D eigenvalue weighted by Gasteiger charge is -2.08. The third-order valence-corrected chi connectivity index (χ3v) is 2.28. The standard InChI is InChI=1S/C10H9F4NOS/c11-8-3-6(1-2-7(8)4-17)9(16)15-5-10(12,13)14/h1-3,17H,4-5H2,(H,15,16). The molecule has 0 bridgehead atoms. The van der Waals surface area contributed by atoms with Crippen molar-refractivity contribution < 1.29 is 22.4 Å². The van der Waals surface area contributed by atoms with Crippen LogP contribution in [0.5, 0.6) is 0 Å². The molecule has 0 aliphatic rings. The summed E-state index contributed by atoms with van der Waals surface area (Å²) in [5.41, 5.74) is 0.123. The molecule has 17 heavy (non-hydrogen) atoms. The molecule has 0 saturated heterocycles. The van der Waals surface area contributed by atoms with Crippen molar-refractivity contribution in [1.82, 2.24) is 5.32 Å². The van der Waals surface area contributed by atoms with Crippen molar-refractivity contribution in [3.05, 3.63) is 35.1 Å². The van der Waals surface area contributed by atoms with Gasteiger partial charge in [0.1, 0.15) is 12.4 Å². The summed E-state index contributed by atoms with van der Waals surface area (Å²) < 4.78 is 48.7. The number of rotatable bonds is 3. The Morgan fingerprint density at radius 1 is 1.35 bits per heavy atom. The molecular weight excluding hydrogens is 258 g/mol. The van der Waals surface area contributed by atoms with Gasteiger partial charge >= 0.3 is 6.18 Å². The molecule has 2 nitrogen and oxygen atoms in total. The third kappa shape index (κ3) is 4.26. The van der Waals surface area contributed by atoms with Gasteiger partial charge in [-0.25, -0.2) is 4.39 Å². The molecule has 0 radical (unpaired) electrons. The zero-order valence-electron chi connectivity index (χ0n) is 8.51. The summed E-state index contributed by atoms with van der Waals surface area (Å²) >= 11 is 3.86. The van der Waals surface area contributed by atoms with Crippen molar-refractivity contribution in [2.45, 2.75) is 11.9 Å².